The molecule has 14 heavy (non-hydrogen) atoms. The summed E-state index contributed by atoms with van der Waals surface area (Å²) in [6.07, 6.45) is 1.67. The summed E-state index contributed by atoms with van der Waals surface area (Å²) in [6.45, 7) is 5.72. The molecule has 0 bridgehead atoms. The lowest BCUT2D eigenvalue weighted by Crippen LogP contribution is -2.10. The lowest BCUT2D eigenvalue weighted by molar-refractivity contribution is -0.115. The zero-order valence-electron chi connectivity index (χ0n) is 8.67. The number of hydrogen-bond acceptors (Lipinski definition) is 2. The van der Waals surface area contributed by atoms with E-state index < -0.39 is 5.82 Å². The van der Waals surface area contributed by atoms with Crippen molar-refractivity contribution in [3.63, 3.8) is 0 Å². The molecular formula is C10H15FN2O. The summed E-state index contributed by atoms with van der Waals surface area (Å²) in [4.78, 5) is 14.6. The van der Waals surface area contributed by atoms with Gasteiger partial charge in [-0.1, -0.05) is 20.8 Å². The number of rotatable bonds is 2. The SMILES string of the molecule is CC.CCC(=O)Nc1cc(F)ccn1. The molecule has 0 aromatic carbocycles. The molecule has 0 saturated carbocycles. The summed E-state index contributed by atoms with van der Waals surface area (Å²) >= 11 is 0. The second kappa shape index (κ2) is 7.00. The molecule has 0 spiro atoms. The van der Waals surface area contributed by atoms with Gasteiger partial charge in [-0.25, -0.2) is 9.37 Å². The van der Waals surface area contributed by atoms with Crippen molar-refractivity contribution >= 4 is 11.7 Å². The highest BCUT2D eigenvalue weighted by atomic mass is 19.1. The van der Waals surface area contributed by atoms with E-state index in [-0.39, 0.29) is 11.7 Å². The van der Waals surface area contributed by atoms with Crippen LogP contribution in [0.1, 0.15) is 27.2 Å². The first kappa shape index (κ1) is 12.6. The first-order valence-corrected chi connectivity index (χ1v) is 4.63. The van der Waals surface area contributed by atoms with Crippen molar-refractivity contribution in [3.8, 4) is 0 Å². The number of pyridine rings is 1. The van der Waals surface area contributed by atoms with Gasteiger partial charge in [-0.2, -0.15) is 0 Å². The van der Waals surface area contributed by atoms with Crippen LogP contribution >= 0.6 is 0 Å². The summed E-state index contributed by atoms with van der Waals surface area (Å²) in [7, 11) is 0. The van der Waals surface area contributed by atoms with E-state index in [4.69, 9.17) is 0 Å². The summed E-state index contributed by atoms with van der Waals surface area (Å²) < 4.78 is 12.5. The molecule has 0 atom stereocenters. The van der Waals surface area contributed by atoms with Crippen LogP contribution in [-0.4, -0.2) is 10.9 Å². The van der Waals surface area contributed by atoms with Crippen LogP contribution in [0.4, 0.5) is 10.2 Å². The van der Waals surface area contributed by atoms with Crippen LogP contribution in [0.15, 0.2) is 18.3 Å². The van der Waals surface area contributed by atoms with Crippen LogP contribution in [0.25, 0.3) is 0 Å². The van der Waals surface area contributed by atoms with Crippen molar-refractivity contribution in [1.29, 1.82) is 0 Å². The number of carbonyl (C=O) groups is 1. The Morgan fingerprint density at radius 1 is 1.57 bits per heavy atom. The van der Waals surface area contributed by atoms with Gasteiger partial charge in [0.2, 0.25) is 5.91 Å². The summed E-state index contributed by atoms with van der Waals surface area (Å²) in [5.74, 6) is -0.327. The molecule has 1 N–H and O–H groups in total. The number of nitrogens with one attached hydrogen (secondary N) is 1. The van der Waals surface area contributed by atoms with E-state index in [9.17, 15) is 9.18 Å². The van der Waals surface area contributed by atoms with Gasteiger partial charge in [0.15, 0.2) is 0 Å². The molecule has 0 fully saturated rings. The van der Waals surface area contributed by atoms with E-state index in [1.165, 1.54) is 18.3 Å². The number of hydrogen-bond donors (Lipinski definition) is 1. The smallest absolute Gasteiger partial charge is 0.225 e. The molecule has 0 aliphatic rings. The number of amides is 1. The monoisotopic (exact) mass is 198 g/mol. The molecule has 1 rings (SSSR count). The fraction of sp³-hybridized carbons (Fsp3) is 0.400. The van der Waals surface area contributed by atoms with E-state index in [2.05, 4.69) is 10.3 Å². The molecule has 0 aliphatic heterocycles. The fourth-order valence-electron chi connectivity index (χ4n) is 0.704. The van der Waals surface area contributed by atoms with Gasteiger partial charge in [0.1, 0.15) is 11.6 Å². The molecule has 1 heterocycles. The van der Waals surface area contributed by atoms with E-state index >= 15 is 0 Å². The molecule has 4 heteroatoms. The summed E-state index contributed by atoms with van der Waals surface area (Å²) in [6, 6.07) is 2.40. The maximum atomic E-state index is 12.5. The van der Waals surface area contributed by atoms with Crippen molar-refractivity contribution < 1.29 is 9.18 Å². The van der Waals surface area contributed by atoms with Crippen LogP contribution < -0.4 is 5.32 Å². The zero-order valence-corrected chi connectivity index (χ0v) is 8.67. The second-order valence-electron chi connectivity index (χ2n) is 2.26. The number of nitrogens with zero attached hydrogens (tertiary/aromatic N) is 1. The Bertz CT molecular complexity index is 289. The molecule has 0 radical (unpaired) electrons. The molecule has 78 valence electrons. The van der Waals surface area contributed by atoms with Gasteiger partial charge in [0.25, 0.3) is 0 Å². The molecule has 0 aliphatic carbocycles. The average molecular weight is 198 g/mol. The van der Waals surface area contributed by atoms with Crippen molar-refractivity contribution in [2.75, 3.05) is 5.32 Å². The highest BCUT2D eigenvalue weighted by Crippen LogP contribution is 2.04. The van der Waals surface area contributed by atoms with E-state index in [1.807, 2.05) is 13.8 Å². The molecule has 0 saturated heterocycles. The minimum absolute atomic E-state index is 0.173. The fourth-order valence-corrected chi connectivity index (χ4v) is 0.704. The predicted molar refractivity (Wildman–Crippen MR) is 54.5 cm³/mol. The highest BCUT2D eigenvalue weighted by Gasteiger charge is 1.99. The third kappa shape index (κ3) is 4.54. The lowest BCUT2D eigenvalue weighted by Gasteiger charge is -2.00. The van der Waals surface area contributed by atoms with Gasteiger partial charge in [-0.3, -0.25) is 4.79 Å². The number of halogens is 1. The number of aromatic nitrogens is 1. The maximum absolute atomic E-state index is 12.5. The van der Waals surface area contributed by atoms with Crippen LogP contribution in [0.2, 0.25) is 0 Å². The Morgan fingerprint density at radius 2 is 2.21 bits per heavy atom. The van der Waals surface area contributed by atoms with E-state index in [0.717, 1.165) is 0 Å². The van der Waals surface area contributed by atoms with Gasteiger partial charge in [-0.05, 0) is 6.07 Å². The molecule has 1 aromatic rings. The molecule has 1 aromatic heterocycles. The Morgan fingerprint density at radius 3 is 2.71 bits per heavy atom. The van der Waals surface area contributed by atoms with Crippen molar-refractivity contribution in [2.45, 2.75) is 27.2 Å². The first-order valence-electron chi connectivity index (χ1n) is 4.63. The van der Waals surface area contributed by atoms with Gasteiger partial charge >= 0.3 is 0 Å². The maximum Gasteiger partial charge on any atom is 0.225 e. The topological polar surface area (TPSA) is 42.0 Å². The standard InChI is InChI=1S/C8H9FN2O.C2H6/c1-2-8(12)11-7-5-6(9)3-4-10-7;1-2/h3-5H,2H2,1H3,(H,10,11,12);1-2H3. The van der Waals surface area contributed by atoms with E-state index in [0.29, 0.717) is 6.42 Å². The van der Waals surface area contributed by atoms with Crippen molar-refractivity contribution in [1.82, 2.24) is 4.98 Å². The van der Waals surface area contributed by atoms with Crippen LogP contribution in [0, 0.1) is 5.82 Å². The van der Waals surface area contributed by atoms with Gasteiger partial charge < -0.3 is 5.32 Å². The van der Waals surface area contributed by atoms with Crippen molar-refractivity contribution in [3.05, 3.63) is 24.1 Å². The zero-order chi connectivity index (χ0) is 11.0. The minimum atomic E-state index is -0.406. The average Bonchev–Trinajstić information content (AvgIpc) is 2.21. The highest BCUT2D eigenvalue weighted by molar-refractivity contribution is 5.89. The van der Waals surface area contributed by atoms with Gasteiger partial charge in [0, 0.05) is 18.7 Å². The molecule has 1 amide bonds. The van der Waals surface area contributed by atoms with Crippen LogP contribution in [0.3, 0.4) is 0 Å². The Hall–Kier alpha value is -1.45. The third-order valence-electron chi connectivity index (χ3n) is 1.31. The predicted octanol–water partition coefficient (Wildman–Crippen LogP) is 2.60. The first-order chi connectivity index (χ1) is 6.72. The minimum Gasteiger partial charge on any atom is -0.311 e. The third-order valence-corrected chi connectivity index (χ3v) is 1.31. The number of carbonyl (C=O) groups excluding carboxylic acids is 1. The quantitative estimate of drug-likeness (QED) is 0.793. The van der Waals surface area contributed by atoms with E-state index in [1.54, 1.807) is 6.92 Å². The molecule has 0 unspecified atom stereocenters. The molecule has 3 nitrogen and oxygen atoms in total. The van der Waals surface area contributed by atoms with Crippen molar-refractivity contribution in [2.24, 2.45) is 0 Å². The number of anilines is 1. The Balaban J connectivity index is 0.000000791. The summed E-state index contributed by atoms with van der Waals surface area (Å²) in [5.41, 5.74) is 0. The normalized spacial score (nSPS) is 8.57. The molecular weight excluding hydrogens is 183 g/mol. The second-order valence-corrected chi connectivity index (χ2v) is 2.26. The lowest BCUT2D eigenvalue weighted by atomic mass is 10.4. The summed E-state index contributed by atoms with van der Waals surface area (Å²) in [5, 5.41) is 2.44. The van der Waals surface area contributed by atoms with Gasteiger partial charge in [0.05, 0.1) is 0 Å². The Labute approximate surface area is 83.4 Å². The van der Waals surface area contributed by atoms with Crippen LogP contribution in [0.5, 0.6) is 0 Å². The Kier molecular flexibility index (Phi) is 6.28. The largest absolute Gasteiger partial charge is 0.311 e. The van der Waals surface area contributed by atoms with Crippen LogP contribution in [-0.2, 0) is 4.79 Å². The van der Waals surface area contributed by atoms with Gasteiger partial charge in [-0.15, -0.1) is 0 Å².